The first-order chi connectivity index (χ1) is 12.7. The van der Waals surface area contributed by atoms with E-state index < -0.39 is 5.91 Å². The van der Waals surface area contributed by atoms with Crippen molar-refractivity contribution in [3.05, 3.63) is 70.0 Å². The van der Waals surface area contributed by atoms with Crippen molar-refractivity contribution in [2.24, 2.45) is 10.7 Å². The molecule has 0 aromatic heterocycles. The van der Waals surface area contributed by atoms with E-state index in [4.69, 9.17) is 17.3 Å². The van der Waals surface area contributed by atoms with E-state index in [9.17, 15) is 9.18 Å². The Morgan fingerprint density at radius 1 is 1.19 bits per heavy atom. The molecule has 0 fully saturated rings. The Hall–Kier alpha value is -2.60. The summed E-state index contributed by atoms with van der Waals surface area (Å²) in [5, 5.41) is 6.88. The Balaban J connectivity index is 1.95. The molecule has 0 aliphatic rings. The summed E-state index contributed by atoms with van der Waals surface area (Å²) in [6.07, 6.45) is 0. The van der Waals surface area contributed by atoms with Gasteiger partial charge in [-0.05, 0) is 35.4 Å². The van der Waals surface area contributed by atoms with E-state index in [0.717, 1.165) is 11.1 Å². The van der Waals surface area contributed by atoms with Gasteiger partial charge < -0.3 is 16.4 Å². The quantitative estimate of drug-likeness (QED) is 0.523. The van der Waals surface area contributed by atoms with Crippen LogP contribution in [0.4, 0.5) is 4.39 Å². The Bertz CT molecular complexity index is 834. The fourth-order valence-corrected chi connectivity index (χ4v) is 3.05. The fourth-order valence-electron chi connectivity index (χ4n) is 2.63. The molecule has 0 spiro atoms. The minimum atomic E-state index is -0.450. The Labute approximate surface area is 163 Å². The molecule has 7 heteroatoms. The molecular weight excluding hydrogens is 367 g/mol. The molecule has 2 aromatic rings. The number of hydrogen-bond donors (Lipinski definition) is 3. The van der Waals surface area contributed by atoms with Crippen LogP contribution in [0.3, 0.4) is 0 Å². The van der Waals surface area contributed by atoms with Gasteiger partial charge in [0.2, 0.25) is 5.91 Å². The Morgan fingerprint density at radius 3 is 2.41 bits per heavy atom. The zero-order chi connectivity index (χ0) is 20.0. The van der Waals surface area contributed by atoms with Crippen molar-refractivity contribution in [1.29, 1.82) is 0 Å². The number of rotatable bonds is 6. The second-order valence-electron chi connectivity index (χ2n) is 6.85. The standard InChI is InChI=1S/C20H24ClFN4O/c1-20(2,16-9-8-15(22)10-17(16)21)12-26-19(24-3)25-11-13-4-6-14(7-5-13)18(23)27/h4-10H,11-12H2,1-3H3,(H2,23,27)(H2,24,25,26). The summed E-state index contributed by atoms with van der Waals surface area (Å²) >= 11 is 6.19. The van der Waals surface area contributed by atoms with Crippen LogP contribution in [0.5, 0.6) is 0 Å². The number of carbonyl (C=O) groups is 1. The molecule has 0 heterocycles. The van der Waals surface area contributed by atoms with Gasteiger partial charge in [0.05, 0.1) is 0 Å². The lowest BCUT2D eigenvalue weighted by Crippen LogP contribution is -2.43. The number of hydrogen-bond acceptors (Lipinski definition) is 2. The number of benzene rings is 2. The molecule has 0 radical (unpaired) electrons. The van der Waals surface area contributed by atoms with E-state index in [1.54, 1.807) is 25.2 Å². The van der Waals surface area contributed by atoms with Gasteiger partial charge in [0.25, 0.3) is 0 Å². The van der Waals surface area contributed by atoms with Crippen LogP contribution in [-0.4, -0.2) is 25.5 Å². The van der Waals surface area contributed by atoms with Gasteiger partial charge in [-0.15, -0.1) is 0 Å². The van der Waals surface area contributed by atoms with Gasteiger partial charge >= 0.3 is 0 Å². The molecule has 2 aromatic carbocycles. The van der Waals surface area contributed by atoms with Crippen molar-refractivity contribution in [3.8, 4) is 0 Å². The highest BCUT2D eigenvalue weighted by Crippen LogP contribution is 2.29. The molecule has 0 atom stereocenters. The van der Waals surface area contributed by atoms with Crippen LogP contribution >= 0.6 is 11.6 Å². The molecule has 5 nitrogen and oxygen atoms in total. The SMILES string of the molecule is CN=C(NCc1ccc(C(N)=O)cc1)NCC(C)(C)c1ccc(F)cc1Cl. The third-order valence-electron chi connectivity index (χ3n) is 4.28. The molecule has 0 bridgehead atoms. The maximum atomic E-state index is 13.3. The monoisotopic (exact) mass is 390 g/mol. The highest BCUT2D eigenvalue weighted by atomic mass is 35.5. The summed E-state index contributed by atoms with van der Waals surface area (Å²) in [5.74, 6) is -0.179. The van der Waals surface area contributed by atoms with Crippen LogP contribution in [0.25, 0.3) is 0 Å². The van der Waals surface area contributed by atoms with E-state index in [2.05, 4.69) is 15.6 Å². The van der Waals surface area contributed by atoms with E-state index >= 15 is 0 Å². The highest BCUT2D eigenvalue weighted by Gasteiger charge is 2.24. The Kier molecular flexibility index (Phi) is 6.80. The minimum Gasteiger partial charge on any atom is -0.366 e. The average Bonchev–Trinajstić information content (AvgIpc) is 2.61. The van der Waals surface area contributed by atoms with Crippen molar-refractivity contribution < 1.29 is 9.18 Å². The lowest BCUT2D eigenvalue weighted by molar-refractivity contribution is 0.100. The molecule has 1 amide bonds. The fraction of sp³-hybridized carbons (Fsp3) is 0.300. The summed E-state index contributed by atoms with van der Waals surface area (Å²) in [4.78, 5) is 15.3. The van der Waals surface area contributed by atoms with Gasteiger partial charge in [0.15, 0.2) is 5.96 Å². The Morgan fingerprint density at radius 2 is 1.85 bits per heavy atom. The van der Waals surface area contributed by atoms with E-state index in [0.29, 0.717) is 29.6 Å². The number of nitrogens with two attached hydrogens (primary N) is 1. The number of nitrogens with zero attached hydrogens (tertiary/aromatic N) is 1. The summed E-state index contributed by atoms with van der Waals surface area (Å²) in [5.41, 5.74) is 7.23. The van der Waals surface area contributed by atoms with Crippen LogP contribution < -0.4 is 16.4 Å². The second-order valence-corrected chi connectivity index (χ2v) is 7.26. The van der Waals surface area contributed by atoms with Crippen molar-refractivity contribution in [1.82, 2.24) is 10.6 Å². The van der Waals surface area contributed by atoms with E-state index in [1.807, 2.05) is 26.0 Å². The molecule has 4 N–H and O–H groups in total. The van der Waals surface area contributed by atoms with Crippen LogP contribution in [0.1, 0.15) is 35.3 Å². The predicted molar refractivity (Wildman–Crippen MR) is 108 cm³/mol. The van der Waals surface area contributed by atoms with Crippen molar-refractivity contribution in [3.63, 3.8) is 0 Å². The lowest BCUT2D eigenvalue weighted by atomic mass is 9.84. The minimum absolute atomic E-state index is 0.328. The number of halogens is 2. The van der Waals surface area contributed by atoms with Crippen molar-refractivity contribution in [2.75, 3.05) is 13.6 Å². The number of carbonyl (C=O) groups excluding carboxylic acids is 1. The number of aliphatic imine (C=N–C) groups is 1. The zero-order valence-electron chi connectivity index (χ0n) is 15.6. The van der Waals surface area contributed by atoms with E-state index in [1.165, 1.54) is 12.1 Å². The topological polar surface area (TPSA) is 79.5 Å². The predicted octanol–water partition coefficient (Wildman–Crippen LogP) is 3.22. The second kappa shape index (κ2) is 8.86. The molecule has 0 saturated carbocycles. The largest absolute Gasteiger partial charge is 0.366 e. The number of guanidine groups is 1. The summed E-state index contributed by atoms with van der Waals surface area (Å²) in [6, 6.07) is 11.5. The smallest absolute Gasteiger partial charge is 0.248 e. The van der Waals surface area contributed by atoms with Gasteiger partial charge in [-0.25, -0.2) is 4.39 Å². The van der Waals surface area contributed by atoms with Crippen molar-refractivity contribution in [2.45, 2.75) is 25.8 Å². The van der Waals surface area contributed by atoms with Gasteiger partial charge in [0, 0.05) is 36.1 Å². The maximum Gasteiger partial charge on any atom is 0.248 e. The van der Waals surface area contributed by atoms with Crippen LogP contribution in [0.15, 0.2) is 47.5 Å². The molecule has 144 valence electrons. The first-order valence-electron chi connectivity index (χ1n) is 8.52. The third kappa shape index (κ3) is 5.69. The first kappa shape index (κ1) is 20.7. The first-order valence-corrected chi connectivity index (χ1v) is 8.89. The summed E-state index contributed by atoms with van der Waals surface area (Å²) < 4.78 is 13.3. The van der Waals surface area contributed by atoms with Crippen LogP contribution in [0.2, 0.25) is 5.02 Å². The van der Waals surface area contributed by atoms with Crippen LogP contribution in [0, 0.1) is 5.82 Å². The number of nitrogens with one attached hydrogen (secondary N) is 2. The molecule has 27 heavy (non-hydrogen) atoms. The van der Waals surface area contributed by atoms with Gasteiger partial charge in [0.1, 0.15) is 5.82 Å². The van der Waals surface area contributed by atoms with E-state index in [-0.39, 0.29) is 11.2 Å². The van der Waals surface area contributed by atoms with Gasteiger partial charge in [-0.1, -0.05) is 43.6 Å². The number of amides is 1. The third-order valence-corrected chi connectivity index (χ3v) is 4.59. The summed E-state index contributed by atoms with van der Waals surface area (Å²) in [6.45, 7) is 5.14. The molecule has 0 saturated heterocycles. The van der Waals surface area contributed by atoms with Crippen LogP contribution in [-0.2, 0) is 12.0 Å². The molecule has 2 rings (SSSR count). The molecule has 0 unspecified atom stereocenters. The highest BCUT2D eigenvalue weighted by molar-refractivity contribution is 6.31. The zero-order valence-corrected chi connectivity index (χ0v) is 16.4. The van der Waals surface area contributed by atoms with Gasteiger partial charge in [-0.2, -0.15) is 0 Å². The number of primary amides is 1. The summed E-state index contributed by atoms with van der Waals surface area (Å²) in [7, 11) is 1.68. The lowest BCUT2D eigenvalue weighted by Gasteiger charge is -2.27. The molecular formula is C20H24ClFN4O. The molecule has 0 aliphatic heterocycles. The molecule has 0 aliphatic carbocycles. The maximum absolute atomic E-state index is 13.3. The average molecular weight is 391 g/mol. The van der Waals surface area contributed by atoms with Crippen molar-refractivity contribution >= 4 is 23.5 Å². The normalized spacial score (nSPS) is 12.0. The van der Waals surface area contributed by atoms with Gasteiger partial charge in [-0.3, -0.25) is 9.79 Å².